The number of quaternary nitrogens is 1. The summed E-state index contributed by atoms with van der Waals surface area (Å²) in [6.45, 7) is 3.98. The van der Waals surface area contributed by atoms with E-state index in [2.05, 4.69) is 148 Å². The number of likely N-dealkylation sites (N-methyl/N-ethyl adjacent to an activating group) is 1. The van der Waals surface area contributed by atoms with Crippen LogP contribution in [0, 0.1) is 0 Å². The van der Waals surface area contributed by atoms with Crippen molar-refractivity contribution in [3.63, 3.8) is 0 Å². The number of carbonyl (C=O) groups excluding carboxylic acids is 2. The third-order valence-corrected chi connectivity index (χ3v) is 14.6. The molecule has 2 unspecified atom stereocenters. The molecular weight excluding hydrogens is 1040 g/mol. The number of nitrogens with zero attached hydrogens (tertiary/aromatic N) is 1. The predicted molar refractivity (Wildman–Crippen MR) is 351 cm³/mol. The highest BCUT2D eigenvalue weighted by molar-refractivity contribution is 7.45. The van der Waals surface area contributed by atoms with Gasteiger partial charge in [0.25, 0.3) is 7.82 Å². The highest BCUT2D eigenvalue weighted by Crippen LogP contribution is 2.38. The van der Waals surface area contributed by atoms with Crippen LogP contribution < -0.4 is 4.89 Å². The van der Waals surface area contributed by atoms with Gasteiger partial charge in [-0.1, -0.05) is 270 Å². The van der Waals surface area contributed by atoms with Crippen molar-refractivity contribution in [2.24, 2.45) is 0 Å². The first-order valence-corrected chi connectivity index (χ1v) is 34.4. The third kappa shape index (κ3) is 65.3. The molecular formula is C72H122NO8P. The van der Waals surface area contributed by atoms with E-state index in [0.717, 1.165) is 109 Å². The van der Waals surface area contributed by atoms with Crippen molar-refractivity contribution in [1.29, 1.82) is 0 Å². The molecule has 0 aliphatic rings. The Morgan fingerprint density at radius 2 is 0.659 bits per heavy atom. The molecule has 0 spiro atoms. The van der Waals surface area contributed by atoms with Crippen LogP contribution in [-0.2, 0) is 32.7 Å². The number of ether oxygens (including phenoxy) is 2. The fourth-order valence-corrected chi connectivity index (χ4v) is 9.42. The van der Waals surface area contributed by atoms with Gasteiger partial charge in [0.15, 0.2) is 6.10 Å². The van der Waals surface area contributed by atoms with Crippen LogP contribution in [0.1, 0.15) is 258 Å². The van der Waals surface area contributed by atoms with Crippen molar-refractivity contribution in [3.05, 3.63) is 134 Å². The van der Waals surface area contributed by atoms with Gasteiger partial charge in [-0.3, -0.25) is 14.2 Å². The number of rotatable bonds is 59. The van der Waals surface area contributed by atoms with Gasteiger partial charge in [0.05, 0.1) is 27.7 Å². The standard InChI is InChI=1S/C72H122NO8P/c1-6-8-10-12-14-16-18-20-22-24-26-28-30-32-33-34-35-36-37-38-39-41-42-44-46-48-50-52-54-56-58-60-62-64-71(74)78-68-70(69-80-82(76,77)79-67-66-73(3,4)5)81-72(75)65-63-61-59-57-55-53-51-49-47-45-43-40-31-29-27-25-23-21-19-17-15-13-11-9-7-2/h8-11,14-17,20-23,26-29,40,43,47,49,53,55,70H,6-7,12-13,18-19,24-25,30-39,41-42,44-46,48,50-52,54,56-69H2,1-5H3/b10-8-,11-9-,16-14-,17-15-,22-20-,23-21-,28-26-,29-27-,43-40-,49-47-,55-53-. The average Bonchev–Trinajstić information content (AvgIpc) is 3.46. The number of hydrogen-bond donors (Lipinski definition) is 0. The summed E-state index contributed by atoms with van der Waals surface area (Å²) in [5.74, 6) is -0.873. The van der Waals surface area contributed by atoms with Crippen LogP contribution in [0.15, 0.2) is 134 Å². The molecule has 0 N–H and O–H groups in total. The van der Waals surface area contributed by atoms with Gasteiger partial charge >= 0.3 is 11.9 Å². The Balaban J connectivity index is 4.12. The van der Waals surface area contributed by atoms with Gasteiger partial charge in [0, 0.05) is 12.8 Å². The SMILES string of the molecule is CC/C=C\C/C=C\C/C=C\C/C=C\C/C=C\C/C=C\C/C=C\CCCCCC(=O)OC(COC(=O)CCCCCCCCCCCCCCCCCCCCCC/C=C\C/C=C\C/C=C\C/C=C\CC)COP(=O)([O-])OCC[N+](C)(C)C. The molecule has 2 atom stereocenters. The van der Waals surface area contributed by atoms with Gasteiger partial charge in [0.2, 0.25) is 0 Å². The van der Waals surface area contributed by atoms with Gasteiger partial charge in [-0.25, -0.2) is 0 Å². The summed E-state index contributed by atoms with van der Waals surface area (Å²) in [6.07, 6.45) is 89.5. The first kappa shape index (κ1) is 78.1. The number of allylic oxidation sites excluding steroid dienone is 22. The molecule has 0 amide bonds. The zero-order valence-corrected chi connectivity index (χ0v) is 54.0. The maximum absolute atomic E-state index is 12.8. The van der Waals surface area contributed by atoms with E-state index >= 15 is 0 Å². The van der Waals surface area contributed by atoms with Gasteiger partial charge in [-0.2, -0.15) is 0 Å². The molecule has 0 aromatic heterocycles. The van der Waals surface area contributed by atoms with Crippen LogP contribution in [0.25, 0.3) is 0 Å². The summed E-state index contributed by atoms with van der Waals surface area (Å²) in [6, 6.07) is 0. The van der Waals surface area contributed by atoms with E-state index < -0.39 is 32.5 Å². The number of unbranched alkanes of at least 4 members (excludes halogenated alkanes) is 23. The minimum Gasteiger partial charge on any atom is -0.756 e. The molecule has 0 aliphatic heterocycles. The lowest BCUT2D eigenvalue weighted by atomic mass is 10.0. The molecule has 0 aromatic rings. The Kier molecular flexibility index (Phi) is 58.8. The monoisotopic (exact) mass is 1160 g/mol. The second-order valence-electron chi connectivity index (χ2n) is 22.7. The molecule has 0 rings (SSSR count). The van der Waals surface area contributed by atoms with E-state index in [9.17, 15) is 19.0 Å². The second kappa shape index (κ2) is 61.7. The van der Waals surface area contributed by atoms with Gasteiger partial charge in [-0.05, 0) is 109 Å². The van der Waals surface area contributed by atoms with Crippen LogP contribution in [-0.4, -0.2) is 70.0 Å². The van der Waals surface area contributed by atoms with E-state index in [1.54, 1.807) is 0 Å². The lowest BCUT2D eigenvalue weighted by molar-refractivity contribution is -0.870. The minimum atomic E-state index is -4.66. The Bertz CT molecular complexity index is 1850. The van der Waals surface area contributed by atoms with Crippen molar-refractivity contribution < 1.29 is 42.1 Å². The fourth-order valence-electron chi connectivity index (χ4n) is 8.69. The summed E-state index contributed by atoms with van der Waals surface area (Å²) < 4.78 is 34.2. The topological polar surface area (TPSA) is 111 Å². The van der Waals surface area contributed by atoms with E-state index in [4.69, 9.17) is 18.5 Å². The smallest absolute Gasteiger partial charge is 0.306 e. The summed E-state index contributed by atoms with van der Waals surface area (Å²) in [4.78, 5) is 38.0. The zero-order chi connectivity index (χ0) is 59.8. The molecule has 468 valence electrons. The molecule has 0 fully saturated rings. The van der Waals surface area contributed by atoms with Crippen LogP contribution >= 0.6 is 7.82 Å². The Morgan fingerprint density at radius 1 is 0.378 bits per heavy atom. The van der Waals surface area contributed by atoms with Crippen LogP contribution in [0.3, 0.4) is 0 Å². The molecule has 82 heavy (non-hydrogen) atoms. The largest absolute Gasteiger partial charge is 0.756 e. The third-order valence-electron chi connectivity index (χ3n) is 13.7. The number of carbonyl (C=O) groups is 2. The highest BCUT2D eigenvalue weighted by Gasteiger charge is 2.22. The van der Waals surface area contributed by atoms with Crippen LogP contribution in [0.5, 0.6) is 0 Å². The summed E-state index contributed by atoms with van der Waals surface area (Å²) in [5, 5.41) is 0. The molecule has 0 aromatic carbocycles. The Morgan fingerprint density at radius 3 is 0.988 bits per heavy atom. The molecule has 10 heteroatoms. The van der Waals surface area contributed by atoms with E-state index in [1.807, 2.05) is 21.1 Å². The van der Waals surface area contributed by atoms with E-state index in [1.165, 1.54) is 116 Å². The van der Waals surface area contributed by atoms with Crippen molar-refractivity contribution in [2.75, 3.05) is 47.5 Å². The molecule has 0 bridgehead atoms. The molecule has 0 saturated carbocycles. The molecule has 0 saturated heterocycles. The minimum absolute atomic E-state index is 0.0435. The average molecular weight is 1160 g/mol. The fraction of sp³-hybridized carbons (Fsp3) is 0.667. The van der Waals surface area contributed by atoms with E-state index in [-0.39, 0.29) is 26.1 Å². The van der Waals surface area contributed by atoms with Crippen molar-refractivity contribution in [2.45, 2.75) is 264 Å². The maximum atomic E-state index is 12.8. The number of phosphoric acid groups is 1. The molecule has 0 aliphatic carbocycles. The summed E-state index contributed by atoms with van der Waals surface area (Å²) >= 11 is 0. The molecule has 9 nitrogen and oxygen atoms in total. The van der Waals surface area contributed by atoms with Crippen molar-refractivity contribution >= 4 is 19.8 Å². The summed E-state index contributed by atoms with van der Waals surface area (Å²) in [7, 11) is 1.13. The van der Waals surface area contributed by atoms with E-state index in [0.29, 0.717) is 17.4 Å². The van der Waals surface area contributed by atoms with Gasteiger partial charge < -0.3 is 27.9 Å². The van der Waals surface area contributed by atoms with Crippen molar-refractivity contribution in [3.8, 4) is 0 Å². The van der Waals surface area contributed by atoms with Crippen molar-refractivity contribution in [1.82, 2.24) is 0 Å². The second-order valence-corrected chi connectivity index (χ2v) is 24.1. The number of phosphoric ester groups is 1. The normalized spacial score (nSPS) is 14.1. The zero-order valence-electron chi connectivity index (χ0n) is 53.1. The van der Waals surface area contributed by atoms with Gasteiger partial charge in [-0.15, -0.1) is 0 Å². The number of hydrogen-bond acceptors (Lipinski definition) is 8. The quantitative estimate of drug-likeness (QED) is 0.0195. The van der Waals surface area contributed by atoms with Gasteiger partial charge in [0.1, 0.15) is 19.8 Å². The lowest BCUT2D eigenvalue weighted by Gasteiger charge is -2.28. The molecule has 0 radical (unpaired) electrons. The lowest BCUT2D eigenvalue weighted by Crippen LogP contribution is -2.37. The summed E-state index contributed by atoms with van der Waals surface area (Å²) in [5.41, 5.74) is 0. The predicted octanol–water partition coefficient (Wildman–Crippen LogP) is 20.6. The maximum Gasteiger partial charge on any atom is 0.306 e. The Labute approximate surface area is 504 Å². The Hall–Kier alpha value is -3.85. The molecule has 0 heterocycles. The van der Waals surface area contributed by atoms with Crippen LogP contribution in [0.2, 0.25) is 0 Å². The first-order chi connectivity index (χ1) is 40.0. The highest BCUT2D eigenvalue weighted by atomic mass is 31.2. The number of esters is 2. The first-order valence-electron chi connectivity index (χ1n) is 32.9. The van der Waals surface area contributed by atoms with Crippen LogP contribution in [0.4, 0.5) is 0 Å².